The van der Waals surface area contributed by atoms with Crippen molar-refractivity contribution in [3.8, 4) is 0 Å². The van der Waals surface area contributed by atoms with Gasteiger partial charge in [-0.25, -0.2) is 4.98 Å². The number of hydrogen-bond donors (Lipinski definition) is 1. The van der Waals surface area contributed by atoms with Gasteiger partial charge < -0.3 is 10.3 Å². The Balaban J connectivity index is 2.23. The molecule has 3 heteroatoms. The minimum atomic E-state index is 0.447. The summed E-state index contributed by atoms with van der Waals surface area (Å²) in [6, 6.07) is 0.672. The number of aromatic nitrogens is 2. The lowest BCUT2D eigenvalue weighted by Gasteiger charge is -2.23. The molecule has 0 aromatic carbocycles. The van der Waals surface area contributed by atoms with Gasteiger partial charge in [0.25, 0.3) is 0 Å². The first-order valence-corrected chi connectivity index (χ1v) is 6.45. The normalized spacial score (nSPS) is 19.5. The number of nitrogens with two attached hydrogens (primary N) is 1. The highest BCUT2D eigenvalue weighted by molar-refractivity contribution is 5.10. The first-order chi connectivity index (χ1) is 7.74. The molecular weight excluding hydrogens is 198 g/mol. The molecule has 1 saturated carbocycles. The predicted molar refractivity (Wildman–Crippen MR) is 66.4 cm³/mol. The van der Waals surface area contributed by atoms with E-state index in [1.165, 1.54) is 31.4 Å². The molecule has 1 heterocycles. The van der Waals surface area contributed by atoms with Crippen LogP contribution in [0, 0.1) is 5.92 Å². The molecule has 1 aromatic rings. The van der Waals surface area contributed by atoms with E-state index in [0.29, 0.717) is 17.9 Å². The Morgan fingerprint density at radius 3 is 2.69 bits per heavy atom. The minimum Gasteiger partial charge on any atom is -0.331 e. The molecule has 90 valence electrons. The second-order valence-electron chi connectivity index (χ2n) is 5.25. The quantitative estimate of drug-likeness (QED) is 0.849. The Bertz CT molecular complexity index is 324. The van der Waals surface area contributed by atoms with Crippen LogP contribution >= 0.6 is 0 Å². The number of hydrogen-bond acceptors (Lipinski definition) is 2. The summed E-state index contributed by atoms with van der Waals surface area (Å²) in [5.41, 5.74) is 7.23. The highest BCUT2D eigenvalue weighted by Crippen LogP contribution is 2.33. The van der Waals surface area contributed by atoms with Gasteiger partial charge in [0, 0.05) is 30.4 Å². The Morgan fingerprint density at radius 2 is 2.12 bits per heavy atom. The second-order valence-corrected chi connectivity index (χ2v) is 5.25. The summed E-state index contributed by atoms with van der Waals surface area (Å²) in [5.74, 6) is 1.03. The topological polar surface area (TPSA) is 43.8 Å². The standard InChI is InChI=1S/C13H23N3/c1-10(2)12(7-14)13-8-15-9-16(13)11-5-3-4-6-11/h8-12H,3-7,14H2,1-2H3. The van der Waals surface area contributed by atoms with Crippen molar-refractivity contribution >= 4 is 0 Å². The molecule has 3 nitrogen and oxygen atoms in total. The van der Waals surface area contributed by atoms with E-state index in [2.05, 4.69) is 23.4 Å². The van der Waals surface area contributed by atoms with Gasteiger partial charge in [-0.2, -0.15) is 0 Å². The van der Waals surface area contributed by atoms with Crippen molar-refractivity contribution in [2.24, 2.45) is 11.7 Å². The smallest absolute Gasteiger partial charge is 0.0950 e. The van der Waals surface area contributed by atoms with Gasteiger partial charge >= 0.3 is 0 Å². The molecule has 1 atom stereocenters. The molecule has 0 spiro atoms. The van der Waals surface area contributed by atoms with E-state index in [0.717, 1.165) is 6.54 Å². The summed E-state index contributed by atoms with van der Waals surface area (Å²) < 4.78 is 2.38. The van der Waals surface area contributed by atoms with Crippen molar-refractivity contribution < 1.29 is 0 Å². The Hall–Kier alpha value is -0.830. The Kier molecular flexibility index (Phi) is 3.64. The molecule has 0 saturated heterocycles. The lowest BCUT2D eigenvalue weighted by molar-refractivity contribution is 0.434. The third kappa shape index (κ3) is 2.14. The van der Waals surface area contributed by atoms with Crippen LogP contribution in [0.1, 0.15) is 57.2 Å². The van der Waals surface area contributed by atoms with E-state index >= 15 is 0 Å². The maximum Gasteiger partial charge on any atom is 0.0950 e. The van der Waals surface area contributed by atoms with Crippen LogP contribution in [-0.2, 0) is 0 Å². The number of nitrogens with zero attached hydrogens (tertiary/aromatic N) is 2. The molecule has 16 heavy (non-hydrogen) atoms. The molecule has 0 amide bonds. The van der Waals surface area contributed by atoms with Crippen molar-refractivity contribution in [1.29, 1.82) is 0 Å². The van der Waals surface area contributed by atoms with Crippen LogP contribution in [0.2, 0.25) is 0 Å². The van der Waals surface area contributed by atoms with Gasteiger partial charge in [-0.1, -0.05) is 26.7 Å². The fourth-order valence-corrected chi connectivity index (χ4v) is 2.82. The Labute approximate surface area is 98.1 Å². The van der Waals surface area contributed by atoms with Gasteiger partial charge in [-0.05, 0) is 18.8 Å². The van der Waals surface area contributed by atoms with Crippen molar-refractivity contribution in [2.45, 2.75) is 51.5 Å². The summed E-state index contributed by atoms with van der Waals surface area (Å²) in [4.78, 5) is 4.33. The van der Waals surface area contributed by atoms with Crippen LogP contribution < -0.4 is 5.73 Å². The fraction of sp³-hybridized carbons (Fsp3) is 0.769. The molecule has 1 fully saturated rings. The third-order valence-electron chi connectivity index (χ3n) is 3.85. The molecule has 0 aliphatic heterocycles. The highest BCUT2D eigenvalue weighted by Gasteiger charge is 2.23. The zero-order valence-electron chi connectivity index (χ0n) is 10.4. The van der Waals surface area contributed by atoms with Crippen LogP contribution in [0.25, 0.3) is 0 Å². The van der Waals surface area contributed by atoms with E-state index in [1.54, 1.807) is 0 Å². The predicted octanol–water partition coefficient (Wildman–Crippen LogP) is 2.70. The van der Waals surface area contributed by atoms with E-state index in [1.807, 2.05) is 12.5 Å². The number of rotatable bonds is 4. The van der Waals surface area contributed by atoms with Crippen LogP contribution in [0.4, 0.5) is 0 Å². The Morgan fingerprint density at radius 1 is 1.44 bits per heavy atom. The van der Waals surface area contributed by atoms with E-state index in [-0.39, 0.29) is 0 Å². The molecule has 0 bridgehead atoms. The molecule has 1 aliphatic carbocycles. The van der Waals surface area contributed by atoms with Crippen LogP contribution in [0.15, 0.2) is 12.5 Å². The molecule has 2 rings (SSSR count). The monoisotopic (exact) mass is 221 g/mol. The van der Waals surface area contributed by atoms with Gasteiger partial charge in [0.2, 0.25) is 0 Å². The lowest BCUT2D eigenvalue weighted by atomic mass is 9.92. The maximum absolute atomic E-state index is 5.89. The molecule has 2 N–H and O–H groups in total. The summed E-state index contributed by atoms with van der Waals surface area (Å²) in [6.07, 6.45) is 9.33. The van der Waals surface area contributed by atoms with Crippen molar-refractivity contribution in [1.82, 2.24) is 9.55 Å². The molecule has 1 aliphatic rings. The van der Waals surface area contributed by atoms with E-state index in [9.17, 15) is 0 Å². The minimum absolute atomic E-state index is 0.447. The van der Waals surface area contributed by atoms with Crippen LogP contribution in [0.3, 0.4) is 0 Å². The van der Waals surface area contributed by atoms with Crippen LogP contribution in [-0.4, -0.2) is 16.1 Å². The summed E-state index contributed by atoms with van der Waals surface area (Å²) in [6.45, 7) is 5.20. The van der Waals surface area contributed by atoms with Crippen LogP contribution in [0.5, 0.6) is 0 Å². The molecule has 1 aromatic heterocycles. The summed E-state index contributed by atoms with van der Waals surface area (Å²) in [5, 5.41) is 0. The zero-order chi connectivity index (χ0) is 11.5. The van der Waals surface area contributed by atoms with Gasteiger partial charge in [-0.15, -0.1) is 0 Å². The molecule has 0 radical (unpaired) electrons. The summed E-state index contributed by atoms with van der Waals surface area (Å²) >= 11 is 0. The van der Waals surface area contributed by atoms with Crippen molar-refractivity contribution in [3.63, 3.8) is 0 Å². The SMILES string of the molecule is CC(C)C(CN)c1cncn1C1CCCC1. The zero-order valence-corrected chi connectivity index (χ0v) is 10.4. The van der Waals surface area contributed by atoms with E-state index < -0.39 is 0 Å². The lowest BCUT2D eigenvalue weighted by Crippen LogP contribution is -2.22. The van der Waals surface area contributed by atoms with Gasteiger partial charge in [0.1, 0.15) is 0 Å². The largest absolute Gasteiger partial charge is 0.331 e. The van der Waals surface area contributed by atoms with Gasteiger partial charge in [0.15, 0.2) is 0 Å². The molecular formula is C13H23N3. The summed E-state index contributed by atoms with van der Waals surface area (Å²) in [7, 11) is 0. The average Bonchev–Trinajstić information content (AvgIpc) is 2.86. The third-order valence-corrected chi connectivity index (χ3v) is 3.85. The van der Waals surface area contributed by atoms with Gasteiger partial charge in [0.05, 0.1) is 6.33 Å². The van der Waals surface area contributed by atoms with Gasteiger partial charge in [-0.3, -0.25) is 0 Å². The first-order valence-electron chi connectivity index (χ1n) is 6.45. The number of imidazole rings is 1. The van der Waals surface area contributed by atoms with E-state index in [4.69, 9.17) is 5.73 Å². The second kappa shape index (κ2) is 5.00. The maximum atomic E-state index is 5.89. The fourth-order valence-electron chi connectivity index (χ4n) is 2.82. The van der Waals surface area contributed by atoms with Crippen molar-refractivity contribution in [2.75, 3.05) is 6.54 Å². The highest BCUT2D eigenvalue weighted by atomic mass is 15.1. The average molecular weight is 221 g/mol. The van der Waals surface area contributed by atoms with Crippen molar-refractivity contribution in [3.05, 3.63) is 18.2 Å². The first kappa shape index (κ1) is 11.6. The molecule has 1 unspecified atom stereocenters.